The largest absolute Gasteiger partial charge is 0.496 e. The van der Waals surface area contributed by atoms with Crippen LogP contribution in [0, 0.1) is 11.3 Å². The zero-order chi connectivity index (χ0) is 17.9. The van der Waals surface area contributed by atoms with E-state index < -0.39 is 5.23 Å². The Morgan fingerprint density at radius 2 is 1.92 bits per heavy atom. The number of ether oxygens (including phenoxy) is 1. The van der Waals surface area contributed by atoms with Crippen molar-refractivity contribution in [3.05, 3.63) is 57.1 Å². The topological polar surface area (TPSA) is 95.0 Å². The maximum atomic E-state index is 12.6. The average Bonchev–Trinajstić information content (AvgIpc) is 2.56. The number of hydrogen-bond acceptors (Lipinski definition) is 5. The minimum atomic E-state index is -0.955. The number of nitrogens with zero attached hydrogens (tertiary/aromatic N) is 1. The Hall–Kier alpha value is -2.14. The molecule has 3 N–H and O–H groups in total. The van der Waals surface area contributed by atoms with Gasteiger partial charge in [-0.25, -0.2) is 0 Å². The number of ketones is 1. The van der Waals surface area contributed by atoms with Crippen LogP contribution in [0.4, 0.5) is 5.69 Å². The van der Waals surface area contributed by atoms with Gasteiger partial charge in [0.2, 0.25) is 5.69 Å². The standard InChI is InChI=1S/C16H12Cl2N2O4/c1-24-16-4-9(8-19)2-3-11(16)15(21)6-10-5-12(17)13(18)7-14(10)20(22)23/h2-5,7,22-23H,6H2,1H3/p+1. The second-order valence-electron chi connectivity index (χ2n) is 4.87. The highest BCUT2D eigenvalue weighted by Crippen LogP contribution is 2.29. The van der Waals surface area contributed by atoms with E-state index in [1.54, 1.807) is 0 Å². The lowest BCUT2D eigenvalue weighted by atomic mass is 10.00. The predicted molar refractivity (Wildman–Crippen MR) is 86.4 cm³/mol. The SMILES string of the molecule is COc1cc(C#N)ccc1C(=O)Cc1cc(Cl)c(Cl)cc1[NH+](O)O. The van der Waals surface area contributed by atoms with Gasteiger partial charge in [-0.3, -0.25) is 4.79 Å². The van der Waals surface area contributed by atoms with E-state index in [0.717, 1.165) is 0 Å². The van der Waals surface area contributed by atoms with Gasteiger partial charge in [-0.15, -0.1) is 0 Å². The zero-order valence-corrected chi connectivity index (χ0v) is 14.0. The van der Waals surface area contributed by atoms with Crippen molar-refractivity contribution < 1.29 is 25.2 Å². The molecule has 0 amide bonds. The third-order valence-electron chi connectivity index (χ3n) is 3.37. The lowest BCUT2D eigenvalue weighted by Crippen LogP contribution is -3.02. The molecule has 0 aromatic heterocycles. The first-order valence-corrected chi connectivity index (χ1v) is 7.47. The van der Waals surface area contributed by atoms with Gasteiger partial charge in [-0.2, -0.15) is 15.7 Å². The molecule has 0 radical (unpaired) electrons. The molecular formula is C16H13Cl2N2O4+. The minimum Gasteiger partial charge on any atom is -0.496 e. The van der Waals surface area contributed by atoms with Gasteiger partial charge in [0.05, 0.1) is 34.4 Å². The first-order valence-electron chi connectivity index (χ1n) is 6.72. The van der Waals surface area contributed by atoms with Gasteiger partial charge in [0.25, 0.3) is 0 Å². The van der Waals surface area contributed by atoms with Gasteiger partial charge in [-0.05, 0) is 29.5 Å². The van der Waals surface area contributed by atoms with Crippen LogP contribution in [0.5, 0.6) is 5.75 Å². The van der Waals surface area contributed by atoms with E-state index in [-0.39, 0.29) is 39.2 Å². The molecule has 0 heterocycles. The Morgan fingerprint density at radius 1 is 1.25 bits per heavy atom. The second kappa shape index (κ2) is 7.62. The van der Waals surface area contributed by atoms with Crippen molar-refractivity contribution in [2.75, 3.05) is 7.11 Å². The lowest BCUT2D eigenvalue weighted by molar-refractivity contribution is -1.19. The molecule has 0 saturated carbocycles. The predicted octanol–water partition coefficient (Wildman–Crippen LogP) is 2.59. The van der Waals surface area contributed by atoms with E-state index in [0.29, 0.717) is 11.1 Å². The van der Waals surface area contributed by atoms with E-state index >= 15 is 0 Å². The van der Waals surface area contributed by atoms with Crippen molar-refractivity contribution in [3.8, 4) is 11.8 Å². The Kier molecular flexibility index (Phi) is 5.78. The Labute approximate surface area is 147 Å². The maximum Gasteiger partial charge on any atom is 0.202 e. The highest BCUT2D eigenvalue weighted by atomic mass is 35.5. The summed E-state index contributed by atoms with van der Waals surface area (Å²) in [5.41, 5.74) is 0.956. The fraction of sp³-hybridized carbons (Fsp3) is 0.125. The van der Waals surface area contributed by atoms with E-state index in [1.807, 2.05) is 6.07 Å². The molecule has 24 heavy (non-hydrogen) atoms. The lowest BCUT2D eigenvalue weighted by Gasteiger charge is -2.11. The fourth-order valence-electron chi connectivity index (χ4n) is 2.20. The summed E-state index contributed by atoms with van der Waals surface area (Å²) in [6, 6.07) is 9.08. The molecule has 124 valence electrons. The summed E-state index contributed by atoms with van der Waals surface area (Å²) >= 11 is 11.8. The van der Waals surface area contributed by atoms with E-state index in [9.17, 15) is 15.2 Å². The number of methoxy groups -OCH3 is 1. The van der Waals surface area contributed by atoms with Crippen LogP contribution < -0.4 is 9.96 Å². The molecule has 0 aliphatic rings. The number of halogens is 2. The summed E-state index contributed by atoms with van der Waals surface area (Å²) in [7, 11) is 1.39. The summed E-state index contributed by atoms with van der Waals surface area (Å²) in [5.74, 6) is -0.0740. The molecule has 0 unspecified atom stereocenters. The number of rotatable bonds is 5. The van der Waals surface area contributed by atoms with Crippen LogP contribution in [0.1, 0.15) is 21.5 Å². The van der Waals surface area contributed by atoms with Gasteiger partial charge < -0.3 is 4.74 Å². The minimum absolute atomic E-state index is 0.0189. The molecule has 0 aliphatic heterocycles. The van der Waals surface area contributed by atoms with E-state index in [4.69, 9.17) is 33.2 Å². The van der Waals surface area contributed by atoms with Gasteiger partial charge in [0.15, 0.2) is 5.78 Å². The smallest absolute Gasteiger partial charge is 0.202 e. The molecule has 6 nitrogen and oxygen atoms in total. The maximum absolute atomic E-state index is 12.6. The summed E-state index contributed by atoms with van der Waals surface area (Å²) in [4.78, 5) is 12.6. The van der Waals surface area contributed by atoms with Crippen LogP contribution in [0.2, 0.25) is 10.0 Å². The van der Waals surface area contributed by atoms with Crippen molar-refractivity contribution in [2.45, 2.75) is 6.42 Å². The van der Waals surface area contributed by atoms with Crippen molar-refractivity contribution in [1.29, 1.82) is 5.26 Å². The van der Waals surface area contributed by atoms with Crippen molar-refractivity contribution >= 4 is 34.7 Å². The van der Waals surface area contributed by atoms with Gasteiger partial charge in [0, 0.05) is 18.1 Å². The summed E-state index contributed by atoms with van der Waals surface area (Å²) in [5, 5.41) is 27.0. The fourth-order valence-corrected chi connectivity index (χ4v) is 2.55. The average molecular weight is 368 g/mol. The van der Waals surface area contributed by atoms with Crippen LogP contribution >= 0.6 is 23.2 Å². The number of nitrogens with one attached hydrogen (secondary N) is 1. The number of benzene rings is 2. The van der Waals surface area contributed by atoms with Crippen molar-refractivity contribution in [3.63, 3.8) is 0 Å². The number of carbonyl (C=O) groups excluding carboxylic acids is 1. The van der Waals surface area contributed by atoms with Gasteiger partial charge in [-0.1, -0.05) is 23.2 Å². The van der Waals surface area contributed by atoms with Crippen LogP contribution in [0.3, 0.4) is 0 Å². The first kappa shape index (κ1) is 18.2. The summed E-state index contributed by atoms with van der Waals surface area (Å²) < 4.78 is 5.14. The van der Waals surface area contributed by atoms with E-state index in [2.05, 4.69) is 0 Å². The van der Waals surface area contributed by atoms with Crippen LogP contribution in [-0.2, 0) is 6.42 Å². The van der Waals surface area contributed by atoms with E-state index in [1.165, 1.54) is 37.4 Å². The molecule has 8 heteroatoms. The molecule has 0 saturated heterocycles. The van der Waals surface area contributed by atoms with Crippen molar-refractivity contribution in [2.24, 2.45) is 0 Å². The third kappa shape index (κ3) is 3.85. The summed E-state index contributed by atoms with van der Waals surface area (Å²) in [6.07, 6.45) is -0.154. The number of hydrogen-bond donors (Lipinski definition) is 3. The first-order chi connectivity index (χ1) is 11.4. The van der Waals surface area contributed by atoms with Crippen LogP contribution in [0.25, 0.3) is 0 Å². The molecule has 0 atom stereocenters. The number of quaternary nitrogens is 1. The van der Waals surface area contributed by atoms with Gasteiger partial charge >= 0.3 is 0 Å². The summed E-state index contributed by atoms with van der Waals surface area (Å²) in [6.45, 7) is 0. The number of Topliss-reactive ketones (excluding diaryl/α,β-unsaturated/α-hetero) is 1. The Bertz CT molecular complexity index is 832. The third-order valence-corrected chi connectivity index (χ3v) is 4.09. The molecule has 2 aromatic rings. The second-order valence-corrected chi connectivity index (χ2v) is 5.69. The number of carbonyl (C=O) groups is 1. The van der Waals surface area contributed by atoms with Gasteiger partial charge in [0.1, 0.15) is 5.75 Å². The Balaban J connectivity index is 2.40. The molecule has 0 fully saturated rings. The normalized spacial score (nSPS) is 10.5. The Morgan fingerprint density at radius 3 is 2.50 bits per heavy atom. The highest BCUT2D eigenvalue weighted by Gasteiger charge is 2.21. The molecular weight excluding hydrogens is 355 g/mol. The zero-order valence-electron chi connectivity index (χ0n) is 12.5. The molecule has 2 aromatic carbocycles. The van der Waals surface area contributed by atoms with Crippen LogP contribution in [-0.4, -0.2) is 23.3 Å². The van der Waals surface area contributed by atoms with Crippen molar-refractivity contribution in [1.82, 2.24) is 0 Å². The molecule has 0 spiro atoms. The molecule has 2 rings (SSSR count). The highest BCUT2D eigenvalue weighted by molar-refractivity contribution is 6.42. The molecule has 0 aliphatic carbocycles. The van der Waals surface area contributed by atoms with Crippen LogP contribution in [0.15, 0.2) is 30.3 Å². The quantitative estimate of drug-likeness (QED) is 0.557. The molecule has 0 bridgehead atoms. The monoisotopic (exact) mass is 367 g/mol. The number of nitriles is 1.